The van der Waals surface area contributed by atoms with Crippen molar-refractivity contribution in [2.75, 3.05) is 5.75 Å². The van der Waals surface area contributed by atoms with Crippen LogP contribution in [0.15, 0.2) is 18.2 Å². The van der Waals surface area contributed by atoms with E-state index in [-0.39, 0.29) is 0 Å². The molecule has 2 aromatic rings. The first-order valence-electron chi connectivity index (χ1n) is 7.38. The second-order valence-electron chi connectivity index (χ2n) is 5.52. The summed E-state index contributed by atoms with van der Waals surface area (Å²) in [5.74, 6) is 2.74. The number of imidazole rings is 1. The van der Waals surface area contributed by atoms with Gasteiger partial charge in [0, 0.05) is 11.3 Å². The quantitative estimate of drug-likeness (QED) is 0.745. The predicted molar refractivity (Wildman–Crippen MR) is 88.8 cm³/mol. The van der Waals surface area contributed by atoms with Gasteiger partial charge in [0.1, 0.15) is 5.82 Å². The van der Waals surface area contributed by atoms with Crippen LogP contribution in [-0.2, 0) is 5.88 Å². The molecule has 1 aliphatic rings. The second kappa shape index (κ2) is 5.98. The molecule has 1 saturated carbocycles. The van der Waals surface area contributed by atoms with Gasteiger partial charge in [0.25, 0.3) is 0 Å². The number of hydrogen-bond donors (Lipinski definition) is 0. The van der Waals surface area contributed by atoms with Crippen molar-refractivity contribution in [2.24, 2.45) is 0 Å². The fourth-order valence-electron chi connectivity index (χ4n) is 3.40. The Morgan fingerprint density at radius 3 is 3.00 bits per heavy atom. The van der Waals surface area contributed by atoms with E-state index in [1.54, 1.807) is 0 Å². The summed E-state index contributed by atoms with van der Waals surface area (Å²) in [4.78, 5) is 4.73. The highest BCUT2D eigenvalue weighted by molar-refractivity contribution is 7.99. The monoisotopic (exact) mass is 308 g/mol. The molecule has 108 valence electrons. The van der Waals surface area contributed by atoms with Gasteiger partial charge in [-0.25, -0.2) is 4.98 Å². The zero-order valence-electron chi connectivity index (χ0n) is 12.1. The van der Waals surface area contributed by atoms with Crippen LogP contribution in [0.2, 0.25) is 0 Å². The first-order chi connectivity index (χ1) is 9.74. The number of hydrogen-bond acceptors (Lipinski definition) is 2. The molecule has 3 rings (SSSR count). The van der Waals surface area contributed by atoms with Crippen LogP contribution in [0.1, 0.15) is 43.6 Å². The van der Waals surface area contributed by atoms with Gasteiger partial charge in [-0.3, -0.25) is 0 Å². The van der Waals surface area contributed by atoms with Crippen LogP contribution in [0.3, 0.4) is 0 Å². The largest absolute Gasteiger partial charge is 0.324 e. The summed E-state index contributed by atoms with van der Waals surface area (Å²) in [6.07, 6.45) is 3.82. The summed E-state index contributed by atoms with van der Waals surface area (Å²) in [7, 11) is 0. The molecule has 1 aliphatic carbocycles. The SMILES string of the molecule is CCSC1CCC(n2c(CCl)nc3cccc(C)c32)C1. The number of halogens is 1. The Hall–Kier alpha value is -0.670. The Labute approximate surface area is 129 Å². The summed E-state index contributed by atoms with van der Waals surface area (Å²) in [5, 5.41) is 0.801. The van der Waals surface area contributed by atoms with E-state index in [9.17, 15) is 0 Å². The van der Waals surface area contributed by atoms with E-state index in [2.05, 4.69) is 48.4 Å². The minimum Gasteiger partial charge on any atom is -0.324 e. The molecule has 0 spiro atoms. The fourth-order valence-corrected chi connectivity index (χ4v) is 4.72. The van der Waals surface area contributed by atoms with Crippen molar-refractivity contribution < 1.29 is 0 Å². The average Bonchev–Trinajstić information content (AvgIpc) is 3.03. The number of aromatic nitrogens is 2. The smallest absolute Gasteiger partial charge is 0.125 e. The average molecular weight is 309 g/mol. The molecule has 0 amide bonds. The van der Waals surface area contributed by atoms with Gasteiger partial charge in [-0.05, 0) is 43.6 Å². The lowest BCUT2D eigenvalue weighted by Gasteiger charge is -2.17. The number of aryl methyl sites for hydroxylation is 1. The van der Waals surface area contributed by atoms with Crippen LogP contribution in [0.4, 0.5) is 0 Å². The third-order valence-electron chi connectivity index (χ3n) is 4.23. The maximum atomic E-state index is 6.14. The van der Waals surface area contributed by atoms with Crippen LogP contribution < -0.4 is 0 Å². The molecule has 1 aromatic heterocycles. The minimum atomic E-state index is 0.496. The van der Waals surface area contributed by atoms with Gasteiger partial charge >= 0.3 is 0 Å². The molecule has 0 saturated heterocycles. The summed E-state index contributed by atoms with van der Waals surface area (Å²) in [5.41, 5.74) is 3.68. The maximum absolute atomic E-state index is 6.14. The predicted octanol–water partition coefficient (Wildman–Crippen LogP) is 4.93. The Morgan fingerprint density at radius 1 is 1.40 bits per heavy atom. The van der Waals surface area contributed by atoms with E-state index >= 15 is 0 Å². The number of fused-ring (bicyclic) bond motifs is 1. The highest BCUT2D eigenvalue weighted by Crippen LogP contribution is 2.40. The minimum absolute atomic E-state index is 0.496. The molecule has 0 N–H and O–H groups in total. The zero-order valence-corrected chi connectivity index (χ0v) is 13.7. The van der Waals surface area contributed by atoms with Crippen molar-refractivity contribution in [1.29, 1.82) is 0 Å². The number of alkyl halides is 1. The van der Waals surface area contributed by atoms with Gasteiger partial charge in [-0.15, -0.1) is 11.6 Å². The van der Waals surface area contributed by atoms with E-state index in [1.807, 2.05) is 0 Å². The van der Waals surface area contributed by atoms with E-state index in [4.69, 9.17) is 16.6 Å². The normalized spacial score (nSPS) is 22.8. The highest BCUT2D eigenvalue weighted by Gasteiger charge is 2.28. The van der Waals surface area contributed by atoms with Crippen LogP contribution in [0.5, 0.6) is 0 Å². The molecule has 0 bridgehead atoms. The van der Waals surface area contributed by atoms with Gasteiger partial charge in [0.2, 0.25) is 0 Å². The van der Waals surface area contributed by atoms with Crippen molar-refractivity contribution in [3.8, 4) is 0 Å². The van der Waals surface area contributed by atoms with Crippen molar-refractivity contribution >= 4 is 34.4 Å². The molecule has 2 unspecified atom stereocenters. The lowest BCUT2D eigenvalue weighted by atomic mass is 10.1. The standard InChI is InChI=1S/C16H21ClN2S/c1-3-20-13-8-7-12(9-13)19-15(10-17)18-14-6-4-5-11(2)16(14)19/h4-6,12-13H,3,7-10H2,1-2H3. The third-order valence-corrected chi connectivity index (χ3v) is 5.70. The van der Waals surface area contributed by atoms with Crippen molar-refractivity contribution in [3.05, 3.63) is 29.6 Å². The van der Waals surface area contributed by atoms with E-state index in [0.29, 0.717) is 11.9 Å². The van der Waals surface area contributed by atoms with Crippen molar-refractivity contribution in [2.45, 2.75) is 50.3 Å². The van der Waals surface area contributed by atoms with Crippen LogP contribution in [0, 0.1) is 6.92 Å². The van der Waals surface area contributed by atoms with Gasteiger partial charge in [-0.1, -0.05) is 19.1 Å². The number of nitrogens with zero attached hydrogens (tertiary/aromatic N) is 2. The molecule has 2 nitrogen and oxygen atoms in total. The number of benzene rings is 1. The Kier molecular flexibility index (Phi) is 4.27. The Bertz CT molecular complexity index is 608. The molecular weight excluding hydrogens is 288 g/mol. The first-order valence-corrected chi connectivity index (χ1v) is 8.97. The molecule has 1 heterocycles. The summed E-state index contributed by atoms with van der Waals surface area (Å²) in [6, 6.07) is 6.92. The molecule has 20 heavy (non-hydrogen) atoms. The fraction of sp³-hybridized carbons (Fsp3) is 0.562. The van der Waals surface area contributed by atoms with Gasteiger partial charge in [0.05, 0.1) is 16.9 Å². The van der Waals surface area contributed by atoms with Crippen molar-refractivity contribution in [3.63, 3.8) is 0 Å². The summed E-state index contributed by atoms with van der Waals surface area (Å²) >= 11 is 8.24. The van der Waals surface area contributed by atoms with Crippen LogP contribution in [-0.4, -0.2) is 20.6 Å². The van der Waals surface area contributed by atoms with E-state index in [0.717, 1.165) is 16.6 Å². The topological polar surface area (TPSA) is 17.8 Å². The Balaban J connectivity index is 2.02. The van der Waals surface area contributed by atoms with Crippen molar-refractivity contribution in [1.82, 2.24) is 9.55 Å². The molecule has 1 aromatic carbocycles. The number of para-hydroxylation sites is 1. The molecule has 0 aliphatic heterocycles. The molecule has 4 heteroatoms. The van der Waals surface area contributed by atoms with Gasteiger partial charge in [-0.2, -0.15) is 11.8 Å². The van der Waals surface area contributed by atoms with E-state index in [1.165, 1.54) is 36.1 Å². The second-order valence-corrected chi connectivity index (χ2v) is 7.36. The summed E-state index contributed by atoms with van der Waals surface area (Å²) in [6.45, 7) is 4.42. The number of rotatable bonds is 4. The summed E-state index contributed by atoms with van der Waals surface area (Å²) < 4.78 is 2.42. The molecule has 0 radical (unpaired) electrons. The molecular formula is C16H21ClN2S. The first kappa shape index (κ1) is 14.3. The number of thioether (sulfide) groups is 1. The van der Waals surface area contributed by atoms with Crippen LogP contribution in [0.25, 0.3) is 11.0 Å². The maximum Gasteiger partial charge on any atom is 0.125 e. The van der Waals surface area contributed by atoms with Gasteiger partial charge < -0.3 is 4.57 Å². The Morgan fingerprint density at radius 2 is 2.25 bits per heavy atom. The van der Waals surface area contributed by atoms with Gasteiger partial charge in [0.15, 0.2) is 0 Å². The lowest BCUT2D eigenvalue weighted by molar-refractivity contribution is 0.518. The third kappa shape index (κ3) is 2.46. The highest BCUT2D eigenvalue weighted by atomic mass is 35.5. The van der Waals surface area contributed by atoms with Crippen LogP contribution >= 0.6 is 23.4 Å². The molecule has 2 atom stereocenters. The lowest BCUT2D eigenvalue weighted by Crippen LogP contribution is -2.10. The zero-order chi connectivity index (χ0) is 14.1. The van der Waals surface area contributed by atoms with E-state index < -0.39 is 0 Å². The molecule has 1 fully saturated rings.